The van der Waals surface area contributed by atoms with Gasteiger partial charge in [0.1, 0.15) is 12.6 Å². The molecule has 1 aromatic carbocycles. The van der Waals surface area contributed by atoms with Crippen molar-refractivity contribution in [1.29, 1.82) is 0 Å². The molecule has 102 valence electrons. The van der Waals surface area contributed by atoms with Gasteiger partial charge in [-0.3, -0.25) is 0 Å². The lowest BCUT2D eigenvalue weighted by molar-refractivity contribution is -0.891. The minimum absolute atomic E-state index is 0.247. The first-order chi connectivity index (χ1) is 8.44. The van der Waals surface area contributed by atoms with E-state index in [9.17, 15) is 5.11 Å². The van der Waals surface area contributed by atoms with Gasteiger partial charge in [0.05, 0.1) is 27.2 Å². The maximum Gasteiger partial charge on any atom is 0.104 e. The van der Waals surface area contributed by atoms with Crippen molar-refractivity contribution < 1.29 is 9.59 Å². The van der Waals surface area contributed by atoms with Gasteiger partial charge in [-0.05, 0) is 25.0 Å². The summed E-state index contributed by atoms with van der Waals surface area (Å²) >= 11 is 0. The third-order valence-corrected chi connectivity index (χ3v) is 3.19. The van der Waals surface area contributed by atoms with E-state index in [1.54, 1.807) is 0 Å². The predicted molar refractivity (Wildman–Crippen MR) is 77.8 cm³/mol. The number of nitrogens with zero attached hydrogens (tertiary/aromatic N) is 1. The summed E-state index contributed by atoms with van der Waals surface area (Å²) in [5.74, 6) is 0. The van der Waals surface area contributed by atoms with Crippen LogP contribution in [0.4, 0.5) is 5.69 Å². The van der Waals surface area contributed by atoms with Crippen molar-refractivity contribution in [2.75, 3.05) is 39.0 Å². The van der Waals surface area contributed by atoms with Crippen LogP contribution in [0.3, 0.4) is 0 Å². The number of aliphatic hydroxyl groups is 1. The summed E-state index contributed by atoms with van der Waals surface area (Å²) < 4.78 is 0.832. The fraction of sp³-hybridized carbons (Fsp3) is 0.600. The van der Waals surface area contributed by atoms with Crippen LogP contribution in [0.25, 0.3) is 0 Å². The Kier molecular flexibility index (Phi) is 5.63. The third-order valence-electron chi connectivity index (χ3n) is 3.19. The molecule has 0 bridgehead atoms. The number of aryl methyl sites for hydroxylation is 1. The summed E-state index contributed by atoms with van der Waals surface area (Å²) in [6.45, 7) is 6.74. The molecule has 2 N–H and O–H groups in total. The molecule has 3 nitrogen and oxygen atoms in total. The van der Waals surface area contributed by atoms with Gasteiger partial charge < -0.3 is 14.9 Å². The van der Waals surface area contributed by atoms with Crippen LogP contribution in [0, 0.1) is 0 Å². The Morgan fingerprint density at radius 3 is 2.56 bits per heavy atom. The van der Waals surface area contributed by atoms with E-state index in [1.165, 1.54) is 11.3 Å². The van der Waals surface area contributed by atoms with Crippen molar-refractivity contribution in [3.8, 4) is 0 Å². The van der Waals surface area contributed by atoms with Crippen molar-refractivity contribution in [2.45, 2.75) is 26.4 Å². The third kappa shape index (κ3) is 5.07. The number of rotatable bonds is 7. The Bertz CT molecular complexity index is 361. The molecule has 1 rings (SSSR count). The van der Waals surface area contributed by atoms with Crippen LogP contribution in [0.1, 0.15) is 19.4 Å². The highest BCUT2D eigenvalue weighted by Gasteiger charge is 2.17. The number of aliphatic hydroxyl groups excluding tert-OH is 1. The molecule has 0 heterocycles. The molecule has 0 radical (unpaired) electrons. The molecule has 0 aromatic heterocycles. The number of para-hydroxylation sites is 1. The first-order valence-electron chi connectivity index (χ1n) is 6.76. The zero-order chi connectivity index (χ0) is 13.6. The normalized spacial score (nSPS) is 13.4. The van der Waals surface area contributed by atoms with Gasteiger partial charge in [0, 0.05) is 5.69 Å². The van der Waals surface area contributed by atoms with Gasteiger partial charge >= 0.3 is 0 Å². The molecular formula is C15H27N2O+. The number of hydrogen-bond acceptors (Lipinski definition) is 2. The number of nitrogens with one attached hydrogen (secondary N) is 1. The van der Waals surface area contributed by atoms with Crippen molar-refractivity contribution in [3.05, 3.63) is 29.8 Å². The van der Waals surface area contributed by atoms with Crippen LogP contribution < -0.4 is 5.32 Å². The standard InChI is InChI=1S/C15H27N2O/c1-5-14-8-6-7-9-15(14)16-10-11-17(3,4)12-13(2)18/h6-9,13,16,18H,5,10-12H2,1-4H3/q+1. The number of quaternary nitrogens is 1. The molecule has 0 fully saturated rings. The molecule has 3 heteroatoms. The molecule has 0 saturated carbocycles. The lowest BCUT2D eigenvalue weighted by atomic mass is 10.1. The van der Waals surface area contributed by atoms with E-state index in [0.29, 0.717) is 0 Å². The van der Waals surface area contributed by atoms with E-state index in [0.717, 1.165) is 30.5 Å². The zero-order valence-corrected chi connectivity index (χ0v) is 12.1. The van der Waals surface area contributed by atoms with E-state index in [4.69, 9.17) is 0 Å². The van der Waals surface area contributed by atoms with E-state index < -0.39 is 0 Å². The van der Waals surface area contributed by atoms with E-state index >= 15 is 0 Å². The summed E-state index contributed by atoms with van der Waals surface area (Å²) in [7, 11) is 4.31. The highest BCUT2D eigenvalue weighted by atomic mass is 16.3. The molecule has 0 aliphatic rings. The second-order valence-corrected chi connectivity index (χ2v) is 5.63. The zero-order valence-electron chi connectivity index (χ0n) is 12.1. The maximum absolute atomic E-state index is 9.45. The van der Waals surface area contributed by atoms with Gasteiger partial charge in [0.25, 0.3) is 0 Å². The second-order valence-electron chi connectivity index (χ2n) is 5.63. The Morgan fingerprint density at radius 1 is 1.28 bits per heavy atom. The first-order valence-corrected chi connectivity index (χ1v) is 6.76. The van der Waals surface area contributed by atoms with Gasteiger partial charge in [-0.25, -0.2) is 0 Å². The Balaban J connectivity index is 2.46. The highest BCUT2D eigenvalue weighted by Crippen LogP contribution is 2.15. The van der Waals surface area contributed by atoms with Crippen LogP contribution in [-0.2, 0) is 6.42 Å². The molecule has 1 unspecified atom stereocenters. The average Bonchev–Trinajstić information content (AvgIpc) is 2.27. The molecule has 0 saturated heterocycles. The summed E-state index contributed by atoms with van der Waals surface area (Å²) in [6.07, 6.45) is 0.803. The monoisotopic (exact) mass is 251 g/mol. The number of benzene rings is 1. The van der Waals surface area contributed by atoms with Gasteiger partial charge in [0.15, 0.2) is 0 Å². The van der Waals surface area contributed by atoms with Crippen LogP contribution in [0.15, 0.2) is 24.3 Å². The fourth-order valence-electron chi connectivity index (χ4n) is 2.30. The van der Waals surface area contributed by atoms with Crippen molar-refractivity contribution in [1.82, 2.24) is 0 Å². The Labute approximate surface area is 111 Å². The lowest BCUT2D eigenvalue weighted by Crippen LogP contribution is -2.47. The summed E-state index contributed by atoms with van der Waals surface area (Å²) in [6, 6.07) is 8.44. The average molecular weight is 251 g/mol. The van der Waals surface area contributed by atoms with Crippen molar-refractivity contribution in [3.63, 3.8) is 0 Å². The highest BCUT2D eigenvalue weighted by molar-refractivity contribution is 5.50. The summed E-state index contributed by atoms with van der Waals surface area (Å²) in [5.41, 5.74) is 2.59. The van der Waals surface area contributed by atoms with E-state index in [-0.39, 0.29) is 6.10 Å². The topological polar surface area (TPSA) is 32.3 Å². The lowest BCUT2D eigenvalue weighted by Gasteiger charge is -2.31. The van der Waals surface area contributed by atoms with Gasteiger partial charge in [-0.2, -0.15) is 0 Å². The van der Waals surface area contributed by atoms with Crippen molar-refractivity contribution in [2.24, 2.45) is 0 Å². The van der Waals surface area contributed by atoms with Crippen LogP contribution in [0.2, 0.25) is 0 Å². The number of likely N-dealkylation sites (N-methyl/N-ethyl adjacent to an activating group) is 1. The minimum Gasteiger partial charge on any atom is -0.388 e. The first kappa shape index (κ1) is 15.0. The molecule has 1 atom stereocenters. The van der Waals surface area contributed by atoms with E-state index in [2.05, 4.69) is 50.6 Å². The smallest absolute Gasteiger partial charge is 0.104 e. The van der Waals surface area contributed by atoms with Crippen LogP contribution in [0.5, 0.6) is 0 Å². The Hall–Kier alpha value is -1.06. The second kappa shape index (κ2) is 6.76. The molecule has 18 heavy (non-hydrogen) atoms. The molecule has 1 aromatic rings. The molecule has 0 spiro atoms. The largest absolute Gasteiger partial charge is 0.388 e. The maximum atomic E-state index is 9.45. The molecule has 0 amide bonds. The minimum atomic E-state index is -0.247. The molecule has 0 aliphatic heterocycles. The van der Waals surface area contributed by atoms with Gasteiger partial charge in [0.2, 0.25) is 0 Å². The van der Waals surface area contributed by atoms with E-state index in [1.807, 2.05) is 6.92 Å². The van der Waals surface area contributed by atoms with Gasteiger partial charge in [-0.15, -0.1) is 0 Å². The molecular weight excluding hydrogens is 224 g/mol. The quantitative estimate of drug-likeness (QED) is 0.728. The summed E-state index contributed by atoms with van der Waals surface area (Å²) in [5, 5.41) is 12.9. The SMILES string of the molecule is CCc1ccccc1NCC[N+](C)(C)CC(C)O. The Morgan fingerprint density at radius 2 is 1.94 bits per heavy atom. The van der Waals surface area contributed by atoms with Crippen LogP contribution in [-0.4, -0.2) is 49.4 Å². The summed E-state index contributed by atoms with van der Waals surface area (Å²) in [4.78, 5) is 0. The number of hydrogen-bond donors (Lipinski definition) is 2. The van der Waals surface area contributed by atoms with Gasteiger partial charge in [-0.1, -0.05) is 25.1 Å². The van der Waals surface area contributed by atoms with Crippen LogP contribution >= 0.6 is 0 Å². The fourth-order valence-corrected chi connectivity index (χ4v) is 2.30. The predicted octanol–water partition coefficient (Wildman–Crippen LogP) is 2.12. The van der Waals surface area contributed by atoms with Crippen molar-refractivity contribution >= 4 is 5.69 Å². The number of anilines is 1. The molecule has 0 aliphatic carbocycles.